The van der Waals surface area contributed by atoms with Crippen molar-refractivity contribution < 1.29 is 39.4 Å². The van der Waals surface area contributed by atoms with Crippen LogP contribution in [0.2, 0.25) is 0 Å². The smallest absolute Gasteiger partial charge is 0.306 e. The Bertz CT molecular complexity index is 736. The first kappa shape index (κ1) is 45.3. The molecule has 2 unspecified atom stereocenters. The van der Waals surface area contributed by atoms with E-state index in [2.05, 4.69) is 27.7 Å². The molecule has 8 heteroatoms. The molecule has 0 aromatic rings. The Balaban J connectivity index is 2.12. The lowest BCUT2D eigenvalue weighted by atomic mass is 9.96. The number of aliphatic hydroxyl groups excluding tert-OH is 4. The summed E-state index contributed by atoms with van der Waals surface area (Å²) in [6.45, 7) is 9.74. The zero-order chi connectivity index (χ0) is 35.4. The summed E-state index contributed by atoms with van der Waals surface area (Å²) in [4.78, 5) is 12.5. The van der Waals surface area contributed by atoms with Crippen molar-refractivity contribution in [3.05, 3.63) is 0 Å². The highest BCUT2D eigenvalue weighted by Gasteiger charge is 2.52. The number of hydrogen-bond acceptors (Lipinski definition) is 8. The first-order chi connectivity index (χ1) is 23.2. The molecule has 4 N–H and O–H groups in total. The van der Waals surface area contributed by atoms with E-state index in [-0.39, 0.29) is 19.6 Å². The third-order valence-corrected chi connectivity index (χ3v) is 10.2. The van der Waals surface area contributed by atoms with Crippen LogP contribution in [-0.4, -0.2) is 82.8 Å². The molecule has 0 aliphatic heterocycles. The monoisotopic (exact) mass is 687 g/mol. The molecular weight excluding hydrogens is 608 g/mol. The fourth-order valence-electron chi connectivity index (χ4n) is 6.82. The van der Waals surface area contributed by atoms with E-state index in [0.717, 1.165) is 43.9 Å². The number of ether oxygens (including phenoxy) is 3. The molecule has 0 radical (unpaired) electrons. The Kier molecular flexibility index (Phi) is 28.2. The summed E-state index contributed by atoms with van der Waals surface area (Å²) < 4.78 is 16.7. The lowest BCUT2D eigenvalue weighted by Gasteiger charge is -2.24. The molecule has 1 aliphatic carbocycles. The second kappa shape index (κ2) is 29.9. The molecule has 1 fully saturated rings. The fourth-order valence-corrected chi connectivity index (χ4v) is 6.82. The Morgan fingerprint density at radius 1 is 0.562 bits per heavy atom. The normalized spacial score (nSPS) is 23.0. The van der Waals surface area contributed by atoms with E-state index >= 15 is 0 Å². The molecule has 0 aromatic carbocycles. The van der Waals surface area contributed by atoms with E-state index in [1.54, 1.807) is 0 Å². The van der Waals surface area contributed by atoms with Gasteiger partial charge in [0.2, 0.25) is 0 Å². The van der Waals surface area contributed by atoms with Crippen LogP contribution in [0.3, 0.4) is 0 Å². The topological polar surface area (TPSA) is 126 Å². The zero-order valence-electron chi connectivity index (χ0n) is 31.6. The van der Waals surface area contributed by atoms with Crippen molar-refractivity contribution >= 4 is 5.97 Å². The van der Waals surface area contributed by atoms with E-state index < -0.39 is 42.6 Å². The Morgan fingerprint density at radius 2 is 1.02 bits per heavy atom. The number of carbonyl (C=O) groups excluding carboxylic acids is 1. The Labute approximate surface area is 295 Å². The molecule has 0 saturated heterocycles. The van der Waals surface area contributed by atoms with Gasteiger partial charge in [0.25, 0.3) is 0 Å². The second-order valence-electron chi connectivity index (χ2n) is 15.1. The molecule has 0 aromatic heterocycles. The van der Waals surface area contributed by atoms with Crippen LogP contribution >= 0.6 is 0 Å². The van der Waals surface area contributed by atoms with Gasteiger partial charge < -0.3 is 34.6 Å². The average Bonchev–Trinajstić information content (AvgIpc) is 3.26. The van der Waals surface area contributed by atoms with E-state index in [1.165, 1.54) is 109 Å². The minimum Gasteiger partial charge on any atom is -0.457 e. The number of carbonyl (C=O) groups is 1. The van der Waals surface area contributed by atoms with E-state index in [1.807, 2.05) is 0 Å². The van der Waals surface area contributed by atoms with Gasteiger partial charge >= 0.3 is 5.97 Å². The van der Waals surface area contributed by atoms with Crippen LogP contribution in [0.25, 0.3) is 0 Å². The van der Waals surface area contributed by atoms with Gasteiger partial charge in [-0.1, -0.05) is 163 Å². The Hall–Kier alpha value is -0.770. The minimum atomic E-state index is -1.49. The van der Waals surface area contributed by atoms with Crippen molar-refractivity contribution in [2.75, 3.05) is 19.8 Å². The SMILES string of the molecule is CCCCCCC(C)CCCCCCCCCOC[C@H](O)CO[C@@H]1[C@@H](O)[C@H](O)[C@@H](O)[C@@H]1OC(=O)CCCCCCCCC(C)CCCC. The summed E-state index contributed by atoms with van der Waals surface area (Å²) in [5, 5.41) is 41.4. The maximum atomic E-state index is 12.5. The van der Waals surface area contributed by atoms with Gasteiger partial charge in [-0.15, -0.1) is 0 Å². The average molecular weight is 687 g/mol. The molecule has 0 bridgehead atoms. The molecule has 1 saturated carbocycles. The second-order valence-corrected chi connectivity index (χ2v) is 15.1. The zero-order valence-corrected chi connectivity index (χ0v) is 31.6. The molecule has 0 spiro atoms. The highest BCUT2D eigenvalue weighted by Crippen LogP contribution is 2.28. The minimum absolute atomic E-state index is 0.0902. The third kappa shape index (κ3) is 22.1. The standard InChI is InChI=1S/C40H78O8/c1-5-7-9-19-25-33(4)27-21-15-11-10-14-18-23-29-46-30-34(41)31-47-39-37(44)36(43)38(45)40(39)48-35(42)28-22-17-13-12-16-20-26-32(3)24-8-6-2/h32-34,36-41,43-45H,5-31H2,1-4H3/t32?,33?,34-,36-,37-,38+,39+,40-/m0/s1. The molecule has 0 heterocycles. The summed E-state index contributed by atoms with van der Waals surface area (Å²) >= 11 is 0. The van der Waals surface area contributed by atoms with Crippen LogP contribution in [0.5, 0.6) is 0 Å². The van der Waals surface area contributed by atoms with Crippen molar-refractivity contribution in [1.29, 1.82) is 0 Å². The maximum Gasteiger partial charge on any atom is 0.306 e. The number of rotatable bonds is 33. The number of esters is 1. The molecule has 0 amide bonds. The van der Waals surface area contributed by atoms with Crippen molar-refractivity contribution in [3.8, 4) is 0 Å². The van der Waals surface area contributed by atoms with Crippen LogP contribution < -0.4 is 0 Å². The van der Waals surface area contributed by atoms with Gasteiger partial charge in [0, 0.05) is 13.0 Å². The fraction of sp³-hybridized carbons (Fsp3) is 0.975. The lowest BCUT2D eigenvalue weighted by Crippen LogP contribution is -2.41. The summed E-state index contributed by atoms with van der Waals surface area (Å²) in [7, 11) is 0. The van der Waals surface area contributed by atoms with Gasteiger partial charge in [0.05, 0.1) is 13.2 Å². The van der Waals surface area contributed by atoms with Crippen LogP contribution in [0.1, 0.15) is 182 Å². The summed E-state index contributed by atoms with van der Waals surface area (Å²) in [6, 6.07) is 0. The quantitative estimate of drug-likeness (QED) is 0.0401. The van der Waals surface area contributed by atoms with Crippen molar-refractivity contribution in [2.24, 2.45) is 11.8 Å². The molecule has 8 atom stereocenters. The lowest BCUT2D eigenvalue weighted by molar-refractivity contribution is -0.168. The predicted molar refractivity (Wildman–Crippen MR) is 195 cm³/mol. The Morgan fingerprint density at radius 3 is 1.58 bits per heavy atom. The van der Waals surface area contributed by atoms with Gasteiger partial charge in [-0.25, -0.2) is 0 Å². The van der Waals surface area contributed by atoms with Gasteiger partial charge in [-0.2, -0.15) is 0 Å². The van der Waals surface area contributed by atoms with Crippen molar-refractivity contribution in [3.63, 3.8) is 0 Å². The molecular formula is C40H78O8. The number of unbranched alkanes of at least 4 members (excludes halogenated alkanes) is 15. The van der Waals surface area contributed by atoms with Gasteiger partial charge in [-0.3, -0.25) is 4.79 Å². The van der Waals surface area contributed by atoms with Crippen LogP contribution in [0, 0.1) is 11.8 Å². The number of aliphatic hydroxyl groups is 4. The van der Waals surface area contributed by atoms with Gasteiger partial charge in [-0.05, 0) is 24.7 Å². The largest absolute Gasteiger partial charge is 0.457 e. The van der Waals surface area contributed by atoms with Crippen LogP contribution in [-0.2, 0) is 19.0 Å². The van der Waals surface area contributed by atoms with Crippen molar-refractivity contribution in [1.82, 2.24) is 0 Å². The van der Waals surface area contributed by atoms with Gasteiger partial charge in [0.15, 0.2) is 6.10 Å². The summed E-state index contributed by atoms with van der Waals surface area (Å²) in [6.07, 6.45) is 20.8. The summed E-state index contributed by atoms with van der Waals surface area (Å²) in [5.41, 5.74) is 0. The van der Waals surface area contributed by atoms with E-state index in [9.17, 15) is 25.2 Å². The molecule has 48 heavy (non-hydrogen) atoms. The van der Waals surface area contributed by atoms with Crippen LogP contribution in [0.4, 0.5) is 0 Å². The number of hydrogen-bond donors (Lipinski definition) is 4. The predicted octanol–water partition coefficient (Wildman–Crippen LogP) is 8.43. The van der Waals surface area contributed by atoms with E-state index in [4.69, 9.17) is 14.2 Å². The molecule has 1 aliphatic rings. The highest BCUT2D eigenvalue weighted by atomic mass is 16.6. The van der Waals surface area contributed by atoms with Gasteiger partial charge in [0.1, 0.15) is 30.5 Å². The van der Waals surface area contributed by atoms with E-state index in [0.29, 0.717) is 13.0 Å². The maximum absolute atomic E-state index is 12.5. The third-order valence-electron chi connectivity index (χ3n) is 10.2. The first-order valence-electron chi connectivity index (χ1n) is 20.3. The molecule has 1 rings (SSSR count). The summed E-state index contributed by atoms with van der Waals surface area (Å²) in [5.74, 6) is 1.18. The highest BCUT2D eigenvalue weighted by molar-refractivity contribution is 5.69. The molecule has 8 nitrogen and oxygen atoms in total. The molecule has 286 valence electrons. The van der Waals surface area contributed by atoms with Crippen LogP contribution in [0.15, 0.2) is 0 Å². The first-order valence-corrected chi connectivity index (χ1v) is 20.3. The van der Waals surface area contributed by atoms with Crippen molar-refractivity contribution in [2.45, 2.75) is 218 Å².